The molecule has 2 aliphatic rings. The highest BCUT2D eigenvalue weighted by atomic mass is 16.2. The number of amides is 3. The van der Waals surface area contributed by atoms with Gasteiger partial charge in [-0.05, 0) is 25.7 Å². The third kappa shape index (κ3) is 6.60. The molecule has 3 N–H and O–H groups in total. The Balaban J connectivity index is 0.000000262. The minimum atomic E-state index is -0.433. The van der Waals surface area contributed by atoms with Crippen LogP contribution in [-0.4, -0.2) is 36.9 Å². The predicted molar refractivity (Wildman–Crippen MR) is 80.5 cm³/mol. The fourth-order valence-corrected chi connectivity index (χ4v) is 2.01. The lowest BCUT2D eigenvalue weighted by molar-refractivity contribution is -0.134. The molecule has 21 heavy (non-hydrogen) atoms. The first-order valence-corrected chi connectivity index (χ1v) is 7.66. The van der Waals surface area contributed by atoms with Crippen molar-refractivity contribution in [3.63, 3.8) is 0 Å². The van der Waals surface area contributed by atoms with Crippen LogP contribution in [0.3, 0.4) is 0 Å². The van der Waals surface area contributed by atoms with Crippen LogP contribution < -0.4 is 16.0 Å². The summed E-state index contributed by atoms with van der Waals surface area (Å²) in [5, 5.41) is 8.24. The highest BCUT2D eigenvalue weighted by Gasteiger charge is 2.28. The van der Waals surface area contributed by atoms with Gasteiger partial charge in [-0.3, -0.25) is 14.4 Å². The lowest BCUT2D eigenvalue weighted by Gasteiger charge is -2.26. The standard InChI is InChI=1S/C10H18N2O2.C5H9NO/c1-10(2,3)9(14)12-7-5-4-6-11-8(7)13;7-5-3-1-2-4-6-5/h7H,4-6H2,1-3H3,(H,11,13)(H,12,14);1-4H2,(H,6,7)/t7-;/m0./s1. The van der Waals surface area contributed by atoms with Crippen molar-refractivity contribution < 1.29 is 14.4 Å². The molecule has 6 heteroatoms. The SMILES string of the molecule is CC(C)(C)C(=O)N[C@H]1CCCNC1=O.O=C1CCCCN1. The summed E-state index contributed by atoms with van der Waals surface area (Å²) in [6, 6.07) is -0.338. The third-order valence-corrected chi connectivity index (χ3v) is 3.42. The van der Waals surface area contributed by atoms with E-state index in [0.29, 0.717) is 0 Å². The molecule has 2 rings (SSSR count). The minimum Gasteiger partial charge on any atom is -0.356 e. The molecule has 1 atom stereocenters. The molecule has 0 bridgehead atoms. The molecular weight excluding hydrogens is 270 g/mol. The average Bonchev–Trinajstić information content (AvgIpc) is 2.42. The van der Waals surface area contributed by atoms with Gasteiger partial charge >= 0.3 is 0 Å². The summed E-state index contributed by atoms with van der Waals surface area (Å²) in [6.07, 6.45) is 4.64. The van der Waals surface area contributed by atoms with Gasteiger partial charge in [0.05, 0.1) is 0 Å². The van der Waals surface area contributed by atoms with Gasteiger partial charge in [-0.25, -0.2) is 0 Å². The molecule has 2 fully saturated rings. The van der Waals surface area contributed by atoms with Gasteiger partial charge in [0.1, 0.15) is 6.04 Å². The topological polar surface area (TPSA) is 87.3 Å². The van der Waals surface area contributed by atoms with E-state index in [1.807, 2.05) is 20.8 Å². The quantitative estimate of drug-likeness (QED) is 0.666. The number of carbonyl (C=O) groups excluding carboxylic acids is 3. The van der Waals surface area contributed by atoms with Crippen LogP contribution in [0.4, 0.5) is 0 Å². The molecule has 0 saturated carbocycles. The van der Waals surface area contributed by atoms with Crippen LogP contribution in [0.1, 0.15) is 52.9 Å². The number of piperidine rings is 2. The van der Waals surface area contributed by atoms with Crippen molar-refractivity contribution in [3.8, 4) is 0 Å². The normalized spacial score (nSPS) is 22.3. The van der Waals surface area contributed by atoms with E-state index in [1.165, 1.54) is 0 Å². The van der Waals surface area contributed by atoms with E-state index < -0.39 is 5.41 Å². The zero-order valence-corrected chi connectivity index (χ0v) is 13.3. The molecular formula is C15H27N3O3. The first kappa shape index (κ1) is 17.5. The van der Waals surface area contributed by atoms with Crippen LogP contribution in [0, 0.1) is 5.41 Å². The molecule has 0 aromatic rings. The Hall–Kier alpha value is -1.59. The number of rotatable bonds is 1. The molecule has 0 radical (unpaired) electrons. The second-order valence-electron chi connectivity index (χ2n) is 6.52. The van der Waals surface area contributed by atoms with E-state index in [1.54, 1.807) is 0 Å². The van der Waals surface area contributed by atoms with Crippen LogP contribution >= 0.6 is 0 Å². The maximum atomic E-state index is 11.6. The summed E-state index contributed by atoms with van der Waals surface area (Å²) >= 11 is 0. The summed E-state index contributed by atoms with van der Waals surface area (Å²) in [6.45, 7) is 7.12. The zero-order chi connectivity index (χ0) is 15.9. The molecule has 2 saturated heterocycles. The number of hydrogen-bond acceptors (Lipinski definition) is 3. The minimum absolute atomic E-state index is 0.0612. The van der Waals surface area contributed by atoms with Crippen LogP contribution in [0.25, 0.3) is 0 Å². The van der Waals surface area contributed by atoms with E-state index in [9.17, 15) is 14.4 Å². The van der Waals surface area contributed by atoms with E-state index in [4.69, 9.17) is 0 Å². The zero-order valence-electron chi connectivity index (χ0n) is 13.3. The van der Waals surface area contributed by atoms with E-state index >= 15 is 0 Å². The third-order valence-electron chi connectivity index (χ3n) is 3.42. The summed E-state index contributed by atoms with van der Waals surface area (Å²) in [5.74, 6) is 0.0830. The van der Waals surface area contributed by atoms with Crippen molar-refractivity contribution in [2.45, 2.75) is 58.9 Å². The molecule has 0 aliphatic carbocycles. The molecule has 2 aliphatic heterocycles. The largest absolute Gasteiger partial charge is 0.356 e. The lowest BCUT2D eigenvalue weighted by atomic mass is 9.94. The summed E-state index contributed by atoms with van der Waals surface area (Å²) in [7, 11) is 0. The second-order valence-corrected chi connectivity index (χ2v) is 6.52. The van der Waals surface area contributed by atoms with Gasteiger partial charge in [-0.2, -0.15) is 0 Å². The lowest BCUT2D eigenvalue weighted by Crippen LogP contribution is -2.52. The smallest absolute Gasteiger partial charge is 0.242 e. The molecule has 0 aromatic carbocycles. The predicted octanol–water partition coefficient (Wildman–Crippen LogP) is 0.714. The molecule has 0 spiro atoms. The van der Waals surface area contributed by atoms with Gasteiger partial charge in [0.15, 0.2) is 0 Å². The van der Waals surface area contributed by atoms with E-state index in [-0.39, 0.29) is 23.8 Å². The molecule has 0 unspecified atom stereocenters. The number of hydrogen-bond donors (Lipinski definition) is 3. The highest BCUT2D eigenvalue weighted by molar-refractivity contribution is 5.89. The van der Waals surface area contributed by atoms with E-state index in [2.05, 4.69) is 16.0 Å². The summed E-state index contributed by atoms with van der Waals surface area (Å²) in [4.78, 5) is 33.3. The molecule has 3 amide bonds. The van der Waals surface area contributed by atoms with Gasteiger partial charge < -0.3 is 16.0 Å². The second kappa shape index (κ2) is 8.00. The average molecular weight is 297 g/mol. The highest BCUT2D eigenvalue weighted by Crippen LogP contribution is 2.14. The molecule has 120 valence electrons. The van der Waals surface area contributed by atoms with Crippen LogP contribution in [0.5, 0.6) is 0 Å². The van der Waals surface area contributed by atoms with Gasteiger partial charge in [0.25, 0.3) is 0 Å². The maximum absolute atomic E-state index is 11.6. The van der Waals surface area contributed by atoms with E-state index in [0.717, 1.165) is 45.2 Å². The first-order chi connectivity index (χ1) is 9.80. The van der Waals surface area contributed by atoms with Crippen LogP contribution in [0.2, 0.25) is 0 Å². The van der Waals surface area contributed by atoms with Gasteiger partial charge in [-0.1, -0.05) is 20.8 Å². The Morgan fingerprint density at radius 3 is 2.19 bits per heavy atom. The summed E-state index contributed by atoms with van der Waals surface area (Å²) < 4.78 is 0. The molecule has 6 nitrogen and oxygen atoms in total. The summed E-state index contributed by atoms with van der Waals surface area (Å²) in [5.41, 5.74) is -0.433. The van der Waals surface area contributed by atoms with Gasteiger partial charge in [-0.15, -0.1) is 0 Å². The van der Waals surface area contributed by atoms with Crippen LogP contribution in [0.15, 0.2) is 0 Å². The van der Waals surface area contributed by atoms with Crippen molar-refractivity contribution in [3.05, 3.63) is 0 Å². The fourth-order valence-electron chi connectivity index (χ4n) is 2.01. The number of carbonyl (C=O) groups is 3. The Labute approximate surface area is 126 Å². The Morgan fingerprint density at radius 1 is 1.10 bits per heavy atom. The van der Waals surface area contributed by atoms with Crippen molar-refractivity contribution >= 4 is 17.7 Å². The van der Waals surface area contributed by atoms with Crippen molar-refractivity contribution in [2.75, 3.05) is 13.1 Å². The monoisotopic (exact) mass is 297 g/mol. The maximum Gasteiger partial charge on any atom is 0.242 e. The van der Waals surface area contributed by atoms with Crippen molar-refractivity contribution in [2.24, 2.45) is 5.41 Å². The van der Waals surface area contributed by atoms with Gasteiger partial charge in [0, 0.05) is 24.9 Å². The Morgan fingerprint density at radius 2 is 1.76 bits per heavy atom. The molecule has 2 heterocycles. The number of nitrogens with one attached hydrogen (secondary N) is 3. The van der Waals surface area contributed by atoms with Crippen LogP contribution in [-0.2, 0) is 14.4 Å². The molecule has 0 aromatic heterocycles. The first-order valence-electron chi connectivity index (χ1n) is 7.66. The Kier molecular flexibility index (Phi) is 6.65. The van der Waals surface area contributed by atoms with Gasteiger partial charge in [0.2, 0.25) is 17.7 Å². The van der Waals surface area contributed by atoms with Crippen molar-refractivity contribution in [1.82, 2.24) is 16.0 Å². The Bertz CT molecular complexity index is 380. The fraction of sp³-hybridized carbons (Fsp3) is 0.800. The van der Waals surface area contributed by atoms with Crippen molar-refractivity contribution in [1.29, 1.82) is 0 Å².